The van der Waals surface area contributed by atoms with Crippen molar-refractivity contribution in [2.75, 3.05) is 5.88 Å². The molecule has 0 spiro atoms. The van der Waals surface area contributed by atoms with E-state index >= 15 is 0 Å². The first kappa shape index (κ1) is 14.1. The normalized spacial score (nSPS) is 11.2. The van der Waals surface area contributed by atoms with Gasteiger partial charge in [0.15, 0.2) is 0 Å². The second-order valence-corrected chi connectivity index (χ2v) is 5.58. The second-order valence-electron chi connectivity index (χ2n) is 5.20. The van der Waals surface area contributed by atoms with Crippen LogP contribution in [0.2, 0.25) is 0 Å². The number of alkyl halides is 1. The van der Waals surface area contributed by atoms with Gasteiger partial charge in [-0.15, -0.1) is 11.6 Å². The Hall–Kier alpha value is -1.87. The molecule has 0 radical (unpaired) electrons. The fourth-order valence-corrected chi connectivity index (χ4v) is 2.77. The van der Waals surface area contributed by atoms with Crippen molar-refractivity contribution in [1.82, 2.24) is 9.55 Å². The highest BCUT2D eigenvalue weighted by Crippen LogP contribution is 2.26. The van der Waals surface area contributed by atoms with Gasteiger partial charge >= 0.3 is 0 Å². The van der Waals surface area contributed by atoms with Crippen LogP contribution in [0.4, 0.5) is 4.39 Å². The van der Waals surface area contributed by atoms with Crippen LogP contribution in [0, 0.1) is 19.7 Å². The Morgan fingerprint density at radius 2 is 2.00 bits per heavy atom. The third kappa shape index (κ3) is 2.42. The summed E-state index contributed by atoms with van der Waals surface area (Å²) in [5.41, 5.74) is 4.44. The molecule has 0 atom stereocenters. The molecule has 0 fully saturated rings. The van der Waals surface area contributed by atoms with Crippen molar-refractivity contribution < 1.29 is 4.39 Å². The van der Waals surface area contributed by atoms with E-state index in [1.165, 1.54) is 6.07 Å². The largest absolute Gasteiger partial charge is 0.293 e. The Morgan fingerprint density at radius 3 is 2.76 bits per heavy atom. The van der Waals surface area contributed by atoms with Crippen molar-refractivity contribution in [2.24, 2.45) is 0 Å². The van der Waals surface area contributed by atoms with Crippen LogP contribution in [-0.4, -0.2) is 15.4 Å². The minimum atomic E-state index is -0.253. The number of rotatable bonds is 3. The van der Waals surface area contributed by atoms with E-state index < -0.39 is 0 Å². The molecule has 0 aliphatic heterocycles. The molecular formula is C17H16ClFN2. The van der Waals surface area contributed by atoms with Crippen LogP contribution in [0.15, 0.2) is 36.4 Å². The van der Waals surface area contributed by atoms with Crippen molar-refractivity contribution in [3.8, 4) is 5.69 Å². The van der Waals surface area contributed by atoms with Crippen LogP contribution >= 0.6 is 11.6 Å². The van der Waals surface area contributed by atoms with Gasteiger partial charge < -0.3 is 0 Å². The van der Waals surface area contributed by atoms with Gasteiger partial charge in [-0.2, -0.15) is 0 Å². The Kier molecular flexibility index (Phi) is 3.68. The van der Waals surface area contributed by atoms with Gasteiger partial charge in [-0.05, 0) is 43.2 Å². The number of hydrogen-bond donors (Lipinski definition) is 0. The van der Waals surface area contributed by atoms with Crippen LogP contribution in [0.5, 0.6) is 0 Å². The molecule has 0 unspecified atom stereocenters. The van der Waals surface area contributed by atoms with Crippen LogP contribution in [0.25, 0.3) is 16.7 Å². The highest BCUT2D eigenvalue weighted by atomic mass is 35.5. The first-order valence-electron chi connectivity index (χ1n) is 6.91. The maximum Gasteiger partial charge on any atom is 0.147 e. The zero-order chi connectivity index (χ0) is 15.0. The van der Waals surface area contributed by atoms with E-state index in [2.05, 4.69) is 4.98 Å². The molecule has 1 aromatic heterocycles. The third-order valence-electron chi connectivity index (χ3n) is 3.62. The van der Waals surface area contributed by atoms with Gasteiger partial charge in [0.05, 0.1) is 16.7 Å². The lowest BCUT2D eigenvalue weighted by Crippen LogP contribution is -2.04. The molecule has 0 saturated carbocycles. The molecule has 0 saturated heterocycles. The number of halogens is 2. The van der Waals surface area contributed by atoms with E-state index in [1.807, 2.05) is 42.7 Å². The summed E-state index contributed by atoms with van der Waals surface area (Å²) in [4.78, 5) is 4.66. The monoisotopic (exact) mass is 302 g/mol. The number of imidazole rings is 1. The predicted molar refractivity (Wildman–Crippen MR) is 84.9 cm³/mol. The van der Waals surface area contributed by atoms with Crippen molar-refractivity contribution in [3.05, 3.63) is 59.2 Å². The summed E-state index contributed by atoms with van der Waals surface area (Å²) in [6.07, 6.45) is 0.600. The Balaban J connectivity index is 2.36. The number of nitrogens with zero attached hydrogens (tertiary/aromatic N) is 2. The van der Waals surface area contributed by atoms with E-state index in [9.17, 15) is 4.39 Å². The molecule has 3 aromatic rings. The smallest absolute Gasteiger partial charge is 0.147 e. The quantitative estimate of drug-likeness (QED) is 0.648. The molecular weight excluding hydrogens is 287 g/mol. The first-order chi connectivity index (χ1) is 10.1. The molecule has 0 bridgehead atoms. The average molecular weight is 303 g/mol. The molecule has 0 aliphatic rings. The van der Waals surface area contributed by atoms with Crippen molar-refractivity contribution in [2.45, 2.75) is 20.3 Å². The van der Waals surface area contributed by atoms with E-state index in [0.29, 0.717) is 18.0 Å². The Bertz CT molecular complexity index is 808. The summed E-state index contributed by atoms with van der Waals surface area (Å²) >= 11 is 5.89. The zero-order valence-electron chi connectivity index (χ0n) is 12.0. The SMILES string of the molecule is Cc1ccc(F)c(-n2c(CCCl)nc3c(C)cccc32)c1. The van der Waals surface area contributed by atoms with E-state index in [-0.39, 0.29) is 5.82 Å². The van der Waals surface area contributed by atoms with Gasteiger partial charge in [0, 0.05) is 12.3 Å². The molecule has 0 amide bonds. The number of hydrogen-bond acceptors (Lipinski definition) is 1. The highest BCUT2D eigenvalue weighted by molar-refractivity contribution is 6.17. The van der Waals surface area contributed by atoms with Crippen molar-refractivity contribution >= 4 is 22.6 Å². The number of aromatic nitrogens is 2. The first-order valence-corrected chi connectivity index (χ1v) is 7.44. The summed E-state index contributed by atoms with van der Waals surface area (Å²) in [6.45, 7) is 3.96. The summed E-state index contributed by atoms with van der Waals surface area (Å²) in [5.74, 6) is 0.992. The highest BCUT2D eigenvalue weighted by Gasteiger charge is 2.16. The van der Waals surface area contributed by atoms with E-state index in [1.54, 1.807) is 6.07 Å². The van der Waals surface area contributed by atoms with Gasteiger partial charge in [0.1, 0.15) is 11.6 Å². The minimum absolute atomic E-state index is 0.253. The lowest BCUT2D eigenvalue weighted by molar-refractivity contribution is 0.616. The summed E-state index contributed by atoms with van der Waals surface area (Å²) in [7, 11) is 0. The molecule has 2 aromatic carbocycles. The molecule has 21 heavy (non-hydrogen) atoms. The van der Waals surface area contributed by atoms with Gasteiger partial charge in [0.2, 0.25) is 0 Å². The second kappa shape index (κ2) is 5.49. The molecule has 0 aliphatic carbocycles. The van der Waals surface area contributed by atoms with Crippen LogP contribution in [0.3, 0.4) is 0 Å². The molecule has 4 heteroatoms. The average Bonchev–Trinajstić information content (AvgIpc) is 2.82. The van der Waals surface area contributed by atoms with Gasteiger partial charge in [-0.3, -0.25) is 4.57 Å². The molecule has 3 rings (SSSR count). The van der Waals surface area contributed by atoms with Crippen LogP contribution in [0.1, 0.15) is 17.0 Å². The molecule has 1 heterocycles. The lowest BCUT2D eigenvalue weighted by Gasteiger charge is -2.10. The van der Waals surface area contributed by atoms with Gasteiger partial charge in [-0.25, -0.2) is 9.37 Å². The Labute approximate surface area is 128 Å². The third-order valence-corrected chi connectivity index (χ3v) is 3.81. The minimum Gasteiger partial charge on any atom is -0.293 e. The Morgan fingerprint density at radius 1 is 1.19 bits per heavy atom. The van der Waals surface area contributed by atoms with Gasteiger partial charge in [-0.1, -0.05) is 18.2 Å². The van der Waals surface area contributed by atoms with Crippen molar-refractivity contribution in [3.63, 3.8) is 0 Å². The molecule has 2 nitrogen and oxygen atoms in total. The number of aryl methyl sites for hydroxylation is 3. The molecule has 0 N–H and O–H groups in total. The summed E-state index contributed by atoms with van der Waals surface area (Å²) in [6, 6.07) is 11.1. The maximum atomic E-state index is 14.3. The van der Waals surface area contributed by atoms with Gasteiger partial charge in [0.25, 0.3) is 0 Å². The summed E-state index contributed by atoms with van der Waals surface area (Å²) in [5, 5.41) is 0. The topological polar surface area (TPSA) is 17.8 Å². The fourth-order valence-electron chi connectivity index (χ4n) is 2.60. The fraction of sp³-hybridized carbons (Fsp3) is 0.235. The van der Waals surface area contributed by atoms with Crippen LogP contribution < -0.4 is 0 Å². The predicted octanol–water partition coefficient (Wildman–Crippen LogP) is 4.56. The van der Waals surface area contributed by atoms with Crippen molar-refractivity contribution in [1.29, 1.82) is 0 Å². The zero-order valence-corrected chi connectivity index (χ0v) is 12.8. The maximum absolute atomic E-state index is 14.3. The standard InChI is InChI=1S/C17H16ClFN2/c1-11-6-7-13(19)15(10-11)21-14-5-3-4-12(2)17(14)20-16(21)8-9-18/h3-7,10H,8-9H2,1-2H3. The van der Waals surface area contributed by atoms with E-state index in [4.69, 9.17) is 11.6 Å². The molecule has 108 valence electrons. The number of para-hydroxylation sites is 1. The van der Waals surface area contributed by atoms with E-state index in [0.717, 1.165) is 28.0 Å². The number of fused-ring (bicyclic) bond motifs is 1. The lowest BCUT2D eigenvalue weighted by atomic mass is 10.2. The number of benzene rings is 2. The summed E-state index contributed by atoms with van der Waals surface area (Å²) < 4.78 is 16.2. The van der Waals surface area contributed by atoms with Crippen LogP contribution in [-0.2, 0) is 6.42 Å².